The second-order valence-electron chi connectivity index (χ2n) is 0. The molecule has 0 aliphatic carbocycles. The van der Waals surface area contributed by atoms with Crippen LogP contribution in [0.15, 0.2) is 0 Å². The Hall–Kier alpha value is 2.58. The summed E-state index contributed by atoms with van der Waals surface area (Å²) in [5.41, 5.74) is 0. The van der Waals surface area contributed by atoms with Crippen LogP contribution < -0.4 is 0 Å². The largest absolute Gasteiger partial charge is 0 e. The van der Waals surface area contributed by atoms with Crippen LogP contribution in [0, 0.1) is 0 Å². The molecule has 0 aromatic carbocycles. The van der Waals surface area contributed by atoms with Crippen LogP contribution in [-0.2, 0) is 40.4 Å². The van der Waals surface area contributed by atoms with Crippen molar-refractivity contribution in [3.63, 3.8) is 0 Å². The Kier molecular flexibility index (Phi) is 70.3. The van der Waals surface area contributed by atoms with Gasteiger partial charge >= 0.3 is 70.7 Å². The quantitative estimate of drug-likeness (QED) is 0.554. The summed E-state index contributed by atoms with van der Waals surface area (Å²) >= 11 is 0.125. The average Bonchev–Trinajstić information content (AvgIpc) is 1.00. The Labute approximate surface area is 90.2 Å². The molecule has 0 aromatic rings. The molecule has 4 heavy (non-hydrogen) atoms. The van der Waals surface area contributed by atoms with Crippen molar-refractivity contribution in [1.82, 2.24) is 0 Å². The maximum Gasteiger partial charge on any atom is 0 e. The summed E-state index contributed by atoms with van der Waals surface area (Å²) in [7, 11) is 0. The van der Waals surface area contributed by atoms with Gasteiger partial charge in [-0.25, -0.2) is 0 Å². The predicted molar refractivity (Wildman–Crippen MR) is 8.66 cm³/mol. The van der Waals surface area contributed by atoms with Crippen molar-refractivity contribution in [2.24, 2.45) is 0 Å². The molecular weight excluding hydrogens is 270 g/mol. The maximum atomic E-state index is 8.38. The van der Waals surface area contributed by atoms with E-state index in [9.17, 15) is 0 Å². The minimum Gasteiger partial charge on any atom is 0 e. The van der Waals surface area contributed by atoms with E-state index in [0.717, 1.165) is 0 Å². The maximum absolute atomic E-state index is 8.38. The molecule has 0 atom stereocenters. The molecule has 0 saturated heterocycles. The second kappa shape index (κ2) is 17.6. The fraction of sp³-hybridized carbons (Fsp3) is 0. The molecule has 0 rings (SSSR count). The summed E-state index contributed by atoms with van der Waals surface area (Å²) in [5, 5.41) is 0. The van der Waals surface area contributed by atoms with Gasteiger partial charge in [-0.1, -0.05) is 0 Å². The number of hydrogen-bond donors (Lipinski definition) is 0. The van der Waals surface area contributed by atoms with Gasteiger partial charge in [0, 0.05) is 18.6 Å². The van der Waals surface area contributed by atoms with Gasteiger partial charge in [0.05, 0.1) is 0 Å². The van der Waals surface area contributed by atoms with Gasteiger partial charge in [0.2, 0.25) is 0 Å². The molecule has 0 aliphatic heterocycles. The van der Waals surface area contributed by atoms with Crippen molar-refractivity contribution in [1.29, 1.82) is 0 Å². The molecular formula is H2BaOVZn. The van der Waals surface area contributed by atoms with Gasteiger partial charge in [-0.15, -0.1) is 0 Å². The summed E-state index contributed by atoms with van der Waals surface area (Å²) in [4.78, 5) is 0. The Morgan fingerprint density at radius 1 is 1.50 bits per heavy atom. The number of rotatable bonds is 0. The molecule has 0 heterocycles. The van der Waals surface area contributed by atoms with Gasteiger partial charge in [0.25, 0.3) is 0 Å². The smallest absolute Gasteiger partial charge is 0 e. The third kappa shape index (κ3) is 8.82. The number of hydrogen-bond acceptors (Lipinski definition) is 1. The van der Waals surface area contributed by atoms with Crippen LogP contribution in [0.2, 0.25) is 0 Å². The fourth-order valence-electron chi connectivity index (χ4n) is 0. The van der Waals surface area contributed by atoms with Crippen LogP contribution in [0.3, 0.4) is 0 Å². The molecule has 0 amide bonds. The molecule has 0 fully saturated rings. The van der Waals surface area contributed by atoms with Crippen LogP contribution >= 0.6 is 0 Å². The third-order valence-electron chi connectivity index (χ3n) is 0. The standard InChI is InChI=1S/Ba.O.V.Zn.2H/q+2;;;;2*-1. The fourth-order valence-corrected chi connectivity index (χ4v) is 0. The van der Waals surface area contributed by atoms with Crippen LogP contribution in [-0.4, -0.2) is 48.9 Å². The summed E-state index contributed by atoms with van der Waals surface area (Å²) < 4.78 is 8.38. The van der Waals surface area contributed by atoms with Crippen LogP contribution in [0.25, 0.3) is 0 Å². The van der Waals surface area contributed by atoms with Crippen molar-refractivity contribution in [3.05, 3.63) is 0 Å². The molecule has 0 aromatic heterocycles. The molecule has 0 N–H and O–H groups in total. The van der Waals surface area contributed by atoms with E-state index in [-0.39, 0.29) is 88.5 Å². The van der Waals surface area contributed by atoms with E-state index in [2.05, 4.69) is 0 Å². The summed E-state index contributed by atoms with van der Waals surface area (Å²) in [6.45, 7) is 0. The van der Waals surface area contributed by atoms with Crippen LogP contribution in [0.1, 0.15) is 2.85 Å². The monoisotopic (exact) mass is 271 g/mol. The van der Waals surface area contributed by atoms with Gasteiger partial charge in [0.15, 0.2) is 0 Å². The minimum atomic E-state index is 0. The van der Waals surface area contributed by atoms with Crippen molar-refractivity contribution < 1.29 is 43.2 Å². The molecule has 1 nitrogen and oxygen atoms in total. The average molecular weight is 272 g/mol. The second-order valence-corrected chi connectivity index (χ2v) is 0. The van der Waals surface area contributed by atoms with Crippen LogP contribution in [0.4, 0.5) is 0 Å². The van der Waals surface area contributed by atoms with Gasteiger partial charge in [-0.2, -0.15) is 0 Å². The Bertz CT molecular complexity index is 13.5. The van der Waals surface area contributed by atoms with E-state index >= 15 is 0 Å². The molecule has 0 saturated carbocycles. The SMILES string of the molecule is [Ba+2].[H-].[H-].[O]=[Zn].[V]. The molecule has 0 aliphatic rings. The zero-order valence-corrected chi connectivity index (χ0v) is 11.1. The first-order chi connectivity index (χ1) is 1.00. The van der Waals surface area contributed by atoms with Gasteiger partial charge < -0.3 is 2.85 Å². The molecule has 17 valence electrons. The Balaban J connectivity index is -0.000000000833. The first kappa shape index (κ1) is 16.0. The van der Waals surface area contributed by atoms with Crippen LogP contribution in [0.5, 0.6) is 0 Å². The van der Waals surface area contributed by atoms with Gasteiger partial charge in [0.1, 0.15) is 0 Å². The Morgan fingerprint density at radius 2 is 1.50 bits per heavy atom. The van der Waals surface area contributed by atoms with Crippen molar-refractivity contribution >= 4 is 48.9 Å². The van der Waals surface area contributed by atoms with E-state index in [4.69, 9.17) is 3.57 Å². The van der Waals surface area contributed by atoms with Gasteiger partial charge in [-0.05, 0) is 0 Å². The summed E-state index contributed by atoms with van der Waals surface area (Å²) in [6, 6.07) is 0. The first-order valence-electron chi connectivity index (χ1n) is 0.289. The zero-order chi connectivity index (χ0) is 2.00. The summed E-state index contributed by atoms with van der Waals surface area (Å²) in [6.07, 6.45) is 0. The third-order valence-corrected chi connectivity index (χ3v) is 0. The van der Waals surface area contributed by atoms with Crippen molar-refractivity contribution in [2.45, 2.75) is 0 Å². The molecule has 0 spiro atoms. The molecule has 0 unspecified atom stereocenters. The zero-order valence-electron chi connectivity index (χ0n) is 4.27. The van der Waals surface area contributed by atoms with Crippen molar-refractivity contribution in [2.75, 3.05) is 0 Å². The normalized spacial score (nSPS) is 1.50. The van der Waals surface area contributed by atoms with E-state index in [1.165, 1.54) is 0 Å². The first-order valence-corrected chi connectivity index (χ1v) is 1.50. The minimum absolute atomic E-state index is 0. The predicted octanol–water partition coefficient (Wildman–Crippen LogP) is -0.280. The van der Waals surface area contributed by atoms with E-state index in [1.54, 1.807) is 0 Å². The molecule has 0 bridgehead atoms. The van der Waals surface area contributed by atoms with Crippen molar-refractivity contribution in [3.8, 4) is 0 Å². The topological polar surface area (TPSA) is 17.1 Å². The molecule has 4 heteroatoms. The van der Waals surface area contributed by atoms with E-state index < -0.39 is 0 Å². The summed E-state index contributed by atoms with van der Waals surface area (Å²) in [5.74, 6) is 0. The van der Waals surface area contributed by atoms with E-state index in [1.807, 2.05) is 0 Å². The molecule has 1 radical (unpaired) electrons. The van der Waals surface area contributed by atoms with E-state index in [0.29, 0.717) is 0 Å². The van der Waals surface area contributed by atoms with Gasteiger partial charge in [-0.3, -0.25) is 0 Å². The Morgan fingerprint density at radius 3 is 1.50 bits per heavy atom.